The van der Waals surface area contributed by atoms with Crippen molar-refractivity contribution in [3.63, 3.8) is 0 Å². The Labute approximate surface area is 106 Å². The highest BCUT2D eigenvalue weighted by Crippen LogP contribution is 2.28. The maximum atomic E-state index is 11.2. The molecule has 1 atom stereocenters. The molecule has 0 aliphatic heterocycles. The van der Waals surface area contributed by atoms with Gasteiger partial charge in [0.05, 0.1) is 7.11 Å². The van der Waals surface area contributed by atoms with Crippen LogP contribution in [0.3, 0.4) is 0 Å². The number of carbonyl (C=O) groups excluding carboxylic acids is 1. The third-order valence-electron chi connectivity index (χ3n) is 1.64. The summed E-state index contributed by atoms with van der Waals surface area (Å²) < 4.78 is 5.39. The van der Waals surface area contributed by atoms with Crippen molar-refractivity contribution in [1.29, 1.82) is 0 Å². The lowest BCUT2D eigenvalue weighted by Crippen LogP contribution is -2.09. The summed E-state index contributed by atoms with van der Waals surface area (Å²) in [5, 5.41) is -0.156. The Morgan fingerprint density at radius 2 is 2.21 bits per heavy atom. The Kier molecular flexibility index (Phi) is 4.47. The van der Waals surface area contributed by atoms with Gasteiger partial charge in [0.2, 0.25) is 0 Å². The standard InChI is InChI=1S/C9H7Cl2IO2/c1-14-9(13)8(11)6-3-2-5(10)4-7(6)12/h2-4,8H,1H3. The molecule has 0 amide bonds. The predicted molar refractivity (Wildman–Crippen MR) is 64.8 cm³/mol. The molecule has 0 aromatic heterocycles. The molecule has 1 aromatic rings. The molecule has 0 spiro atoms. The summed E-state index contributed by atoms with van der Waals surface area (Å²) in [5.74, 6) is -0.466. The van der Waals surface area contributed by atoms with Crippen LogP contribution in [0, 0.1) is 3.57 Å². The second kappa shape index (κ2) is 5.19. The Bertz CT molecular complexity index is 355. The third kappa shape index (κ3) is 2.74. The first-order chi connectivity index (χ1) is 6.56. The summed E-state index contributed by atoms with van der Waals surface area (Å²) in [5.41, 5.74) is 0.712. The molecule has 0 aliphatic rings. The zero-order valence-corrected chi connectivity index (χ0v) is 10.9. The van der Waals surface area contributed by atoms with E-state index >= 15 is 0 Å². The lowest BCUT2D eigenvalue weighted by Gasteiger charge is -2.09. The smallest absolute Gasteiger partial charge is 0.328 e. The van der Waals surface area contributed by atoms with Crippen LogP contribution >= 0.6 is 45.8 Å². The minimum absolute atomic E-state index is 0.466. The number of rotatable bonds is 2. The Morgan fingerprint density at radius 1 is 1.57 bits per heavy atom. The zero-order chi connectivity index (χ0) is 10.7. The molecular weight excluding hydrogens is 338 g/mol. The van der Waals surface area contributed by atoms with E-state index in [0.29, 0.717) is 10.6 Å². The fourth-order valence-corrected chi connectivity index (χ4v) is 2.58. The number of hydrogen-bond acceptors (Lipinski definition) is 2. The molecule has 0 N–H and O–H groups in total. The number of carbonyl (C=O) groups is 1. The van der Waals surface area contributed by atoms with Crippen molar-refractivity contribution in [2.75, 3.05) is 7.11 Å². The Morgan fingerprint density at radius 3 is 2.71 bits per heavy atom. The highest BCUT2D eigenvalue weighted by atomic mass is 127. The predicted octanol–water partition coefficient (Wildman–Crippen LogP) is 3.40. The average molecular weight is 345 g/mol. The van der Waals surface area contributed by atoms with Crippen molar-refractivity contribution >= 4 is 51.8 Å². The van der Waals surface area contributed by atoms with E-state index in [4.69, 9.17) is 23.2 Å². The summed E-state index contributed by atoms with van der Waals surface area (Å²) in [6, 6.07) is 5.16. The molecule has 0 heterocycles. The number of alkyl halides is 1. The van der Waals surface area contributed by atoms with E-state index in [2.05, 4.69) is 27.3 Å². The number of halogens is 3. The lowest BCUT2D eigenvalue weighted by atomic mass is 10.1. The molecule has 1 unspecified atom stereocenters. The molecule has 1 aromatic carbocycles. The lowest BCUT2D eigenvalue weighted by molar-refractivity contribution is -0.140. The summed E-state index contributed by atoms with van der Waals surface area (Å²) in [4.78, 5) is 11.2. The largest absolute Gasteiger partial charge is 0.468 e. The molecule has 2 nitrogen and oxygen atoms in total. The maximum Gasteiger partial charge on any atom is 0.328 e. The van der Waals surface area contributed by atoms with Gasteiger partial charge in [0, 0.05) is 8.59 Å². The van der Waals surface area contributed by atoms with Gasteiger partial charge in [-0.2, -0.15) is 0 Å². The highest BCUT2D eigenvalue weighted by Gasteiger charge is 2.20. The summed E-state index contributed by atoms with van der Waals surface area (Å²) in [6.07, 6.45) is 0. The van der Waals surface area contributed by atoms with Crippen molar-refractivity contribution in [3.8, 4) is 0 Å². The number of hydrogen-bond donors (Lipinski definition) is 0. The van der Waals surface area contributed by atoms with Gasteiger partial charge in [-0.1, -0.05) is 17.7 Å². The van der Waals surface area contributed by atoms with Crippen molar-refractivity contribution in [3.05, 3.63) is 32.4 Å². The van der Waals surface area contributed by atoms with Gasteiger partial charge in [-0.15, -0.1) is 11.6 Å². The van der Waals surface area contributed by atoms with E-state index in [0.717, 1.165) is 3.57 Å². The van der Waals surface area contributed by atoms with Crippen molar-refractivity contribution < 1.29 is 9.53 Å². The van der Waals surface area contributed by atoms with Crippen LogP contribution < -0.4 is 0 Å². The maximum absolute atomic E-state index is 11.2. The van der Waals surface area contributed by atoms with Crippen LogP contribution in [0.25, 0.3) is 0 Å². The highest BCUT2D eigenvalue weighted by molar-refractivity contribution is 14.1. The number of ether oxygens (including phenoxy) is 1. The number of esters is 1. The van der Waals surface area contributed by atoms with Gasteiger partial charge in [0.25, 0.3) is 0 Å². The van der Waals surface area contributed by atoms with E-state index in [1.54, 1.807) is 18.2 Å². The first kappa shape index (κ1) is 12.1. The van der Waals surface area contributed by atoms with Crippen LogP contribution in [0.1, 0.15) is 10.9 Å². The average Bonchev–Trinajstić information content (AvgIpc) is 2.15. The van der Waals surface area contributed by atoms with E-state index < -0.39 is 11.3 Å². The number of benzene rings is 1. The quantitative estimate of drug-likeness (QED) is 0.467. The van der Waals surface area contributed by atoms with Gasteiger partial charge < -0.3 is 4.74 Å². The van der Waals surface area contributed by atoms with Crippen LogP contribution in [0.4, 0.5) is 0 Å². The first-order valence-corrected chi connectivity index (χ1v) is 5.62. The fourth-order valence-electron chi connectivity index (χ4n) is 0.937. The summed E-state index contributed by atoms with van der Waals surface area (Å²) in [6.45, 7) is 0. The minimum atomic E-state index is -0.774. The molecule has 0 bridgehead atoms. The number of methoxy groups -OCH3 is 1. The van der Waals surface area contributed by atoms with Crippen LogP contribution in [-0.2, 0) is 9.53 Å². The van der Waals surface area contributed by atoms with Gasteiger partial charge in [0.1, 0.15) is 0 Å². The van der Waals surface area contributed by atoms with E-state index in [-0.39, 0.29) is 0 Å². The van der Waals surface area contributed by atoms with Gasteiger partial charge in [0.15, 0.2) is 5.38 Å². The Balaban J connectivity index is 3.01. The molecule has 0 saturated carbocycles. The van der Waals surface area contributed by atoms with Gasteiger partial charge >= 0.3 is 5.97 Å². The van der Waals surface area contributed by atoms with E-state index in [9.17, 15) is 4.79 Å². The van der Waals surface area contributed by atoms with Crippen LogP contribution in [0.5, 0.6) is 0 Å². The van der Waals surface area contributed by atoms with Crippen LogP contribution in [-0.4, -0.2) is 13.1 Å². The topological polar surface area (TPSA) is 26.3 Å². The van der Waals surface area contributed by atoms with Crippen molar-refractivity contribution in [2.24, 2.45) is 0 Å². The third-order valence-corrected chi connectivity index (χ3v) is 3.23. The molecule has 0 saturated heterocycles. The summed E-state index contributed by atoms with van der Waals surface area (Å²) >= 11 is 13.7. The monoisotopic (exact) mass is 344 g/mol. The molecule has 14 heavy (non-hydrogen) atoms. The van der Waals surface area contributed by atoms with E-state index in [1.165, 1.54) is 7.11 Å². The second-order valence-electron chi connectivity index (χ2n) is 2.55. The molecule has 0 fully saturated rings. The van der Waals surface area contributed by atoms with Crippen LogP contribution in [0.2, 0.25) is 5.02 Å². The SMILES string of the molecule is COC(=O)C(Cl)c1ccc(Cl)cc1I. The van der Waals surface area contributed by atoms with Gasteiger partial charge in [-0.3, -0.25) is 4.79 Å². The Hall–Kier alpha value is -0.000000000000000111. The van der Waals surface area contributed by atoms with Crippen molar-refractivity contribution in [1.82, 2.24) is 0 Å². The van der Waals surface area contributed by atoms with Gasteiger partial charge in [-0.25, -0.2) is 0 Å². The van der Waals surface area contributed by atoms with E-state index in [1.807, 2.05) is 0 Å². The van der Waals surface area contributed by atoms with Crippen molar-refractivity contribution in [2.45, 2.75) is 5.38 Å². The molecule has 5 heteroatoms. The zero-order valence-electron chi connectivity index (χ0n) is 7.26. The second-order valence-corrected chi connectivity index (χ2v) is 4.59. The normalized spacial score (nSPS) is 12.3. The molecule has 76 valence electrons. The summed E-state index contributed by atoms with van der Waals surface area (Å²) in [7, 11) is 1.31. The van der Waals surface area contributed by atoms with Crippen LogP contribution in [0.15, 0.2) is 18.2 Å². The molecule has 0 radical (unpaired) electrons. The molecule has 0 aliphatic carbocycles. The minimum Gasteiger partial charge on any atom is -0.468 e. The fraction of sp³-hybridized carbons (Fsp3) is 0.222. The first-order valence-electron chi connectivity index (χ1n) is 3.73. The van der Waals surface area contributed by atoms with Gasteiger partial charge in [-0.05, 0) is 40.3 Å². The molecule has 1 rings (SSSR count). The molecular formula is C9H7Cl2IO2.